The zero-order chi connectivity index (χ0) is 18.5. The van der Waals surface area contributed by atoms with Crippen molar-refractivity contribution in [3.05, 3.63) is 53.1 Å². The maximum atomic E-state index is 10.4. The predicted octanol–water partition coefficient (Wildman–Crippen LogP) is 4.48. The Morgan fingerprint density at radius 2 is 2.04 bits per heavy atom. The Hall–Kier alpha value is -2.20. The van der Waals surface area contributed by atoms with Gasteiger partial charge < -0.3 is 15.2 Å². The molecular formula is C22H30N2O2. The first-order chi connectivity index (χ1) is 12.6. The second-order valence-corrected chi connectivity index (χ2v) is 7.21. The molecule has 1 heterocycles. The molecule has 0 bridgehead atoms. The van der Waals surface area contributed by atoms with Crippen molar-refractivity contribution in [3.8, 4) is 11.5 Å². The molecule has 0 aromatic heterocycles. The molecule has 1 fully saturated rings. The van der Waals surface area contributed by atoms with Crippen LogP contribution in [0, 0.1) is 13.8 Å². The van der Waals surface area contributed by atoms with E-state index in [1.54, 1.807) is 0 Å². The third-order valence-corrected chi connectivity index (χ3v) is 5.16. The van der Waals surface area contributed by atoms with Crippen molar-refractivity contribution < 1.29 is 9.84 Å². The van der Waals surface area contributed by atoms with Gasteiger partial charge in [0.2, 0.25) is 0 Å². The van der Waals surface area contributed by atoms with Gasteiger partial charge in [0.05, 0.1) is 6.61 Å². The Balaban J connectivity index is 1.63. The SMILES string of the molecule is CCOc1cccc(CN2CCCC(Nc3ccc(C)c(C)c3)C2)c1O. The average molecular weight is 354 g/mol. The lowest BCUT2D eigenvalue weighted by Gasteiger charge is -2.34. The maximum absolute atomic E-state index is 10.4. The zero-order valence-electron chi connectivity index (χ0n) is 16.1. The summed E-state index contributed by atoms with van der Waals surface area (Å²) in [7, 11) is 0. The Bertz CT molecular complexity index is 745. The van der Waals surface area contributed by atoms with E-state index in [1.165, 1.54) is 23.2 Å². The second-order valence-electron chi connectivity index (χ2n) is 7.21. The fourth-order valence-electron chi connectivity index (χ4n) is 3.59. The average Bonchev–Trinajstić information content (AvgIpc) is 2.62. The van der Waals surface area contributed by atoms with Gasteiger partial charge in [0.25, 0.3) is 0 Å². The topological polar surface area (TPSA) is 44.7 Å². The number of benzene rings is 2. The number of nitrogens with one attached hydrogen (secondary N) is 1. The zero-order valence-corrected chi connectivity index (χ0v) is 16.1. The highest BCUT2D eigenvalue weighted by atomic mass is 16.5. The standard InChI is InChI=1S/C22H30N2O2/c1-4-26-21-9-5-7-18(22(21)25)14-24-12-6-8-20(15-24)23-19-11-10-16(2)17(3)13-19/h5,7,9-11,13,20,23,25H,4,6,8,12,14-15H2,1-3H3. The summed E-state index contributed by atoms with van der Waals surface area (Å²) in [4.78, 5) is 2.41. The van der Waals surface area contributed by atoms with Gasteiger partial charge in [-0.3, -0.25) is 4.90 Å². The Labute approximate surface area is 156 Å². The number of para-hydroxylation sites is 1. The Morgan fingerprint density at radius 3 is 2.81 bits per heavy atom. The molecule has 1 aliphatic heterocycles. The summed E-state index contributed by atoms with van der Waals surface area (Å²) in [5.74, 6) is 0.852. The number of likely N-dealkylation sites (tertiary alicyclic amines) is 1. The number of aryl methyl sites for hydroxylation is 2. The molecule has 4 nitrogen and oxygen atoms in total. The van der Waals surface area contributed by atoms with E-state index < -0.39 is 0 Å². The van der Waals surface area contributed by atoms with Crippen LogP contribution in [0.25, 0.3) is 0 Å². The van der Waals surface area contributed by atoms with Crippen molar-refractivity contribution in [1.29, 1.82) is 0 Å². The van der Waals surface area contributed by atoms with Crippen molar-refractivity contribution in [1.82, 2.24) is 4.90 Å². The molecule has 0 amide bonds. The largest absolute Gasteiger partial charge is 0.504 e. The number of rotatable bonds is 6. The smallest absolute Gasteiger partial charge is 0.162 e. The molecule has 0 radical (unpaired) electrons. The molecular weight excluding hydrogens is 324 g/mol. The van der Waals surface area contributed by atoms with Gasteiger partial charge in [-0.15, -0.1) is 0 Å². The molecule has 3 rings (SSSR count). The van der Waals surface area contributed by atoms with Crippen molar-refractivity contribution >= 4 is 5.69 Å². The fraction of sp³-hybridized carbons (Fsp3) is 0.455. The number of piperidine rings is 1. The molecule has 0 spiro atoms. The van der Waals surface area contributed by atoms with Gasteiger partial charge in [-0.05, 0) is 69.5 Å². The summed E-state index contributed by atoms with van der Waals surface area (Å²) in [6.45, 7) is 9.57. The molecule has 4 heteroatoms. The first-order valence-corrected chi connectivity index (χ1v) is 9.56. The lowest BCUT2D eigenvalue weighted by molar-refractivity contribution is 0.205. The highest BCUT2D eigenvalue weighted by molar-refractivity contribution is 5.49. The van der Waals surface area contributed by atoms with Gasteiger partial charge in [-0.25, -0.2) is 0 Å². The third kappa shape index (κ3) is 4.50. The quantitative estimate of drug-likeness (QED) is 0.802. The molecule has 1 atom stereocenters. The number of anilines is 1. The number of phenolic OH excluding ortho intramolecular Hbond substituents is 1. The predicted molar refractivity (Wildman–Crippen MR) is 107 cm³/mol. The molecule has 0 aliphatic carbocycles. The Kier molecular flexibility index (Phi) is 6.04. The van der Waals surface area contributed by atoms with E-state index >= 15 is 0 Å². The third-order valence-electron chi connectivity index (χ3n) is 5.16. The normalized spacial score (nSPS) is 17.9. The van der Waals surface area contributed by atoms with Crippen LogP contribution in [0.4, 0.5) is 5.69 Å². The molecule has 140 valence electrons. The number of hydrogen-bond donors (Lipinski definition) is 2. The summed E-state index contributed by atoms with van der Waals surface area (Å²) < 4.78 is 5.51. The van der Waals surface area contributed by atoms with Gasteiger partial charge in [-0.2, -0.15) is 0 Å². The second kappa shape index (κ2) is 8.45. The summed E-state index contributed by atoms with van der Waals surface area (Å²) in [6.07, 6.45) is 2.34. The van der Waals surface area contributed by atoms with Crippen LogP contribution in [-0.2, 0) is 6.54 Å². The van der Waals surface area contributed by atoms with E-state index in [9.17, 15) is 5.11 Å². The monoisotopic (exact) mass is 354 g/mol. The first kappa shape index (κ1) is 18.6. The molecule has 1 saturated heterocycles. The van der Waals surface area contributed by atoms with Crippen LogP contribution in [0.5, 0.6) is 11.5 Å². The van der Waals surface area contributed by atoms with E-state index in [-0.39, 0.29) is 5.75 Å². The van der Waals surface area contributed by atoms with Gasteiger partial charge >= 0.3 is 0 Å². The summed E-state index contributed by atoms with van der Waals surface area (Å²) >= 11 is 0. The minimum atomic E-state index is 0.276. The van der Waals surface area contributed by atoms with E-state index in [1.807, 2.05) is 25.1 Å². The van der Waals surface area contributed by atoms with Crippen LogP contribution in [0.3, 0.4) is 0 Å². The maximum Gasteiger partial charge on any atom is 0.162 e. The van der Waals surface area contributed by atoms with Crippen LogP contribution in [0.15, 0.2) is 36.4 Å². The molecule has 2 aromatic carbocycles. The van der Waals surface area contributed by atoms with Crippen molar-refractivity contribution in [3.63, 3.8) is 0 Å². The van der Waals surface area contributed by atoms with Crippen LogP contribution < -0.4 is 10.1 Å². The van der Waals surface area contributed by atoms with Crippen LogP contribution in [0.1, 0.15) is 36.5 Å². The Morgan fingerprint density at radius 1 is 1.19 bits per heavy atom. The molecule has 0 saturated carbocycles. The number of ether oxygens (including phenoxy) is 1. The molecule has 1 aliphatic rings. The van der Waals surface area contributed by atoms with E-state index in [0.717, 1.165) is 31.6 Å². The number of hydrogen-bond acceptors (Lipinski definition) is 4. The van der Waals surface area contributed by atoms with E-state index in [0.29, 0.717) is 18.4 Å². The van der Waals surface area contributed by atoms with Crippen molar-refractivity contribution in [2.45, 2.75) is 46.2 Å². The minimum absolute atomic E-state index is 0.276. The molecule has 26 heavy (non-hydrogen) atoms. The van der Waals surface area contributed by atoms with Crippen LogP contribution in [-0.4, -0.2) is 35.7 Å². The summed E-state index contributed by atoms with van der Waals surface area (Å²) in [6, 6.07) is 12.8. The van der Waals surface area contributed by atoms with Crippen LogP contribution >= 0.6 is 0 Å². The van der Waals surface area contributed by atoms with E-state index in [2.05, 4.69) is 42.3 Å². The highest BCUT2D eigenvalue weighted by Gasteiger charge is 2.21. The van der Waals surface area contributed by atoms with Crippen molar-refractivity contribution in [2.75, 3.05) is 25.0 Å². The number of phenols is 1. The van der Waals surface area contributed by atoms with Crippen LogP contribution in [0.2, 0.25) is 0 Å². The van der Waals surface area contributed by atoms with Crippen molar-refractivity contribution in [2.24, 2.45) is 0 Å². The molecule has 2 N–H and O–H groups in total. The lowest BCUT2D eigenvalue weighted by atomic mass is 10.0. The fourth-order valence-corrected chi connectivity index (χ4v) is 3.59. The van der Waals surface area contributed by atoms with Gasteiger partial charge in [0, 0.05) is 30.4 Å². The molecule has 2 aromatic rings. The summed E-state index contributed by atoms with van der Waals surface area (Å²) in [5.41, 5.74) is 4.77. The summed E-state index contributed by atoms with van der Waals surface area (Å²) in [5, 5.41) is 14.1. The molecule has 1 unspecified atom stereocenters. The van der Waals surface area contributed by atoms with Gasteiger partial charge in [0.15, 0.2) is 11.5 Å². The minimum Gasteiger partial charge on any atom is -0.504 e. The first-order valence-electron chi connectivity index (χ1n) is 9.56. The van der Waals surface area contributed by atoms with E-state index in [4.69, 9.17) is 4.74 Å². The highest BCUT2D eigenvalue weighted by Crippen LogP contribution is 2.31. The lowest BCUT2D eigenvalue weighted by Crippen LogP contribution is -2.41. The van der Waals surface area contributed by atoms with Gasteiger partial charge in [0.1, 0.15) is 0 Å². The number of aromatic hydroxyl groups is 1. The van der Waals surface area contributed by atoms with Gasteiger partial charge in [-0.1, -0.05) is 18.2 Å². The number of nitrogens with zero attached hydrogens (tertiary/aromatic N) is 1.